The third-order valence-electron chi connectivity index (χ3n) is 3.82. The number of likely N-dealkylation sites (tertiary alicyclic amines) is 1. The molecule has 0 atom stereocenters. The van der Waals surface area contributed by atoms with Crippen LogP contribution in [-0.2, 0) is 6.54 Å². The standard InChI is InChI=1S/C16H19Cl2N3O/c17-12-3-4-14(15(18)9-12)16-20-13(11-22-16)10-19-5-8-21-6-1-2-7-21/h3-4,9,11,19H,1-2,5-8,10H2. The molecule has 1 aromatic heterocycles. The summed E-state index contributed by atoms with van der Waals surface area (Å²) in [6.07, 6.45) is 4.33. The van der Waals surface area contributed by atoms with Gasteiger partial charge in [-0.05, 0) is 44.1 Å². The Labute approximate surface area is 140 Å². The highest BCUT2D eigenvalue weighted by Crippen LogP contribution is 2.29. The number of benzene rings is 1. The Morgan fingerprint density at radius 3 is 2.82 bits per heavy atom. The SMILES string of the molecule is Clc1ccc(-c2nc(CNCCN3CCCC3)co2)c(Cl)c1. The maximum absolute atomic E-state index is 6.17. The maximum Gasteiger partial charge on any atom is 0.227 e. The molecular weight excluding hydrogens is 321 g/mol. The van der Waals surface area contributed by atoms with Crippen molar-refractivity contribution in [2.75, 3.05) is 26.2 Å². The Balaban J connectivity index is 1.52. The zero-order chi connectivity index (χ0) is 15.4. The fraction of sp³-hybridized carbons (Fsp3) is 0.438. The molecule has 1 N–H and O–H groups in total. The van der Waals surface area contributed by atoms with Crippen LogP contribution < -0.4 is 5.32 Å². The van der Waals surface area contributed by atoms with Gasteiger partial charge in [0, 0.05) is 24.7 Å². The summed E-state index contributed by atoms with van der Waals surface area (Å²) in [7, 11) is 0. The van der Waals surface area contributed by atoms with E-state index in [1.807, 2.05) is 6.07 Å². The van der Waals surface area contributed by atoms with Gasteiger partial charge >= 0.3 is 0 Å². The van der Waals surface area contributed by atoms with E-state index in [9.17, 15) is 0 Å². The molecule has 4 nitrogen and oxygen atoms in total. The fourth-order valence-corrected chi connectivity index (χ4v) is 3.12. The second kappa shape index (κ2) is 7.47. The second-order valence-corrected chi connectivity index (χ2v) is 6.34. The van der Waals surface area contributed by atoms with Gasteiger partial charge in [0.25, 0.3) is 0 Å². The molecule has 3 rings (SSSR count). The Morgan fingerprint density at radius 1 is 1.23 bits per heavy atom. The monoisotopic (exact) mass is 339 g/mol. The van der Waals surface area contributed by atoms with Gasteiger partial charge in [-0.25, -0.2) is 4.98 Å². The molecule has 1 aliphatic rings. The topological polar surface area (TPSA) is 41.3 Å². The van der Waals surface area contributed by atoms with Gasteiger partial charge in [0.05, 0.1) is 16.3 Å². The number of oxazole rings is 1. The lowest BCUT2D eigenvalue weighted by Gasteiger charge is -2.14. The van der Waals surface area contributed by atoms with Gasteiger partial charge in [-0.1, -0.05) is 23.2 Å². The zero-order valence-corrected chi connectivity index (χ0v) is 13.8. The van der Waals surface area contributed by atoms with E-state index >= 15 is 0 Å². The molecule has 0 unspecified atom stereocenters. The van der Waals surface area contributed by atoms with E-state index < -0.39 is 0 Å². The summed E-state index contributed by atoms with van der Waals surface area (Å²) in [5.74, 6) is 0.526. The molecule has 118 valence electrons. The Morgan fingerprint density at radius 2 is 2.05 bits per heavy atom. The van der Waals surface area contributed by atoms with Gasteiger partial charge < -0.3 is 14.6 Å². The molecule has 22 heavy (non-hydrogen) atoms. The van der Waals surface area contributed by atoms with Crippen molar-refractivity contribution in [1.82, 2.24) is 15.2 Å². The molecule has 0 spiro atoms. The molecule has 1 fully saturated rings. The normalized spacial score (nSPS) is 15.5. The zero-order valence-electron chi connectivity index (χ0n) is 12.3. The Bertz CT molecular complexity index is 624. The summed E-state index contributed by atoms with van der Waals surface area (Å²) >= 11 is 12.1. The highest BCUT2D eigenvalue weighted by atomic mass is 35.5. The van der Waals surface area contributed by atoms with E-state index in [0.29, 0.717) is 22.5 Å². The van der Waals surface area contributed by atoms with E-state index in [1.54, 1.807) is 18.4 Å². The molecular formula is C16H19Cl2N3O. The summed E-state index contributed by atoms with van der Waals surface area (Å²) in [6.45, 7) is 5.20. The molecule has 0 radical (unpaired) electrons. The van der Waals surface area contributed by atoms with Crippen LogP contribution in [0.5, 0.6) is 0 Å². The van der Waals surface area contributed by atoms with Crippen molar-refractivity contribution in [3.63, 3.8) is 0 Å². The summed E-state index contributed by atoms with van der Waals surface area (Å²) < 4.78 is 5.51. The first kappa shape index (κ1) is 15.8. The number of nitrogens with zero attached hydrogens (tertiary/aromatic N) is 2. The van der Waals surface area contributed by atoms with Crippen LogP contribution in [0.1, 0.15) is 18.5 Å². The van der Waals surface area contributed by atoms with E-state index in [1.165, 1.54) is 25.9 Å². The number of hydrogen-bond donors (Lipinski definition) is 1. The van der Waals surface area contributed by atoms with Gasteiger partial charge in [-0.15, -0.1) is 0 Å². The van der Waals surface area contributed by atoms with Gasteiger partial charge in [0.15, 0.2) is 0 Å². The first-order chi connectivity index (χ1) is 10.7. The van der Waals surface area contributed by atoms with Crippen LogP contribution >= 0.6 is 23.2 Å². The lowest BCUT2D eigenvalue weighted by molar-refractivity contribution is 0.335. The van der Waals surface area contributed by atoms with Crippen LogP contribution in [0.3, 0.4) is 0 Å². The third kappa shape index (κ3) is 4.02. The van der Waals surface area contributed by atoms with Gasteiger partial charge in [0.1, 0.15) is 6.26 Å². The van der Waals surface area contributed by atoms with Crippen LogP contribution in [0.25, 0.3) is 11.5 Å². The Kier molecular flexibility index (Phi) is 5.37. The quantitative estimate of drug-likeness (QED) is 0.812. The minimum absolute atomic E-state index is 0.526. The molecule has 1 aromatic carbocycles. The van der Waals surface area contributed by atoms with Crippen molar-refractivity contribution in [3.8, 4) is 11.5 Å². The van der Waals surface area contributed by atoms with Crippen molar-refractivity contribution in [1.29, 1.82) is 0 Å². The number of rotatable bonds is 6. The van der Waals surface area contributed by atoms with Crippen molar-refractivity contribution in [2.45, 2.75) is 19.4 Å². The minimum atomic E-state index is 0.526. The second-order valence-electron chi connectivity index (χ2n) is 5.49. The summed E-state index contributed by atoms with van der Waals surface area (Å²) in [5, 5.41) is 4.54. The predicted octanol–water partition coefficient (Wildman–Crippen LogP) is 3.83. The van der Waals surface area contributed by atoms with Gasteiger partial charge in [-0.2, -0.15) is 0 Å². The molecule has 1 aliphatic heterocycles. The van der Waals surface area contributed by atoms with Gasteiger partial charge in [-0.3, -0.25) is 0 Å². The summed E-state index contributed by atoms with van der Waals surface area (Å²) in [5.41, 5.74) is 1.64. The lowest BCUT2D eigenvalue weighted by Crippen LogP contribution is -2.29. The van der Waals surface area contributed by atoms with Crippen molar-refractivity contribution in [3.05, 3.63) is 40.2 Å². The highest BCUT2D eigenvalue weighted by molar-refractivity contribution is 6.36. The summed E-state index contributed by atoms with van der Waals surface area (Å²) in [4.78, 5) is 6.95. The Hall–Kier alpha value is -1.07. The molecule has 2 heterocycles. The van der Waals surface area contributed by atoms with E-state index in [2.05, 4.69) is 15.2 Å². The van der Waals surface area contributed by atoms with Gasteiger partial charge in [0.2, 0.25) is 5.89 Å². The molecule has 0 amide bonds. The van der Waals surface area contributed by atoms with Crippen LogP contribution in [0, 0.1) is 0 Å². The molecule has 2 aromatic rings. The van der Waals surface area contributed by atoms with Crippen molar-refractivity contribution in [2.24, 2.45) is 0 Å². The van der Waals surface area contributed by atoms with Crippen LogP contribution in [0.4, 0.5) is 0 Å². The number of nitrogens with one attached hydrogen (secondary N) is 1. The molecule has 0 bridgehead atoms. The first-order valence-electron chi connectivity index (χ1n) is 7.55. The highest BCUT2D eigenvalue weighted by Gasteiger charge is 2.12. The van der Waals surface area contributed by atoms with Crippen LogP contribution in [-0.4, -0.2) is 36.1 Å². The molecule has 0 saturated carbocycles. The van der Waals surface area contributed by atoms with Crippen molar-refractivity contribution >= 4 is 23.2 Å². The predicted molar refractivity (Wildman–Crippen MR) is 89.3 cm³/mol. The molecule has 1 saturated heterocycles. The minimum Gasteiger partial charge on any atom is -0.444 e. The fourth-order valence-electron chi connectivity index (χ4n) is 2.63. The third-order valence-corrected chi connectivity index (χ3v) is 4.37. The molecule has 6 heteroatoms. The van der Waals surface area contributed by atoms with Crippen molar-refractivity contribution < 1.29 is 4.42 Å². The number of halogens is 2. The average Bonchev–Trinajstić information content (AvgIpc) is 3.15. The molecule has 0 aliphatic carbocycles. The van der Waals surface area contributed by atoms with Crippen LogP contribution in [0.15, 0.2) is 28.9 Å². The summed E-state index contributed by atoms with van der Waals surface area (Å²) in [6, 6.07) is 5.29. The largest absolute Gasteiger partial charge is 0.444 e. The van der Waals surface area contributed by atoms with E-state index in [-0.39, 0.29) is 0 Å². The van der Waals surface area contributed by atoms with E-state index in [4.69, 9.17) is 27.6 Å². The average molecular weight is 340 g/mol. The smallest absolute Gasteiger partial charge is 0.227 e. The van der Waals surface area contributed by atoms with Crippen LogP contribution in [0.2, 0.25) is 10.0 Å². The number of hydrogen-bond acceptors (Lipinski definition) is 4. The lowest BCUT2D eigenvalue weighted by atomic mass is 10.2. The number of aromatic nitrogens is 1. The first-order valence-corrected chi connectivity index (χ1v) is 8.31. The van der Waals surface area contributed by atoms with E-state index in [0.717, 1.165) is 24.3 Å². The maximum atomic E-state index is 6.17.